The summed E-state index contributed by atoms with van der Waals surface area (Å²) in [5, 5.41) is 0.458. The molecule has 0 amide bonds. The van der Waals surface area contributed by atoms with E-state index in [0.29, 0.717) is 34.9 Å². The van der Waals surface area contributed by atoms with Gasteiger partial charge in [-0.15, -0.1) is 0 Å². The third kappa shape index (κ3) is 4.22. The molecule has 5 rings (SSSR count). The number of halogens is 1. The van der Waals surface area contributed by atoms with Crippen LogP contribution >= 0.6 is 11.6 Å². The highest BCUT2D eigenvalue weighted by molar-refractivity contribution is 6.32. The molecule has 2 aromatic rings. The summed E-state index contributed by atoms with van der Waals surface area (Å²) in [4.78, 5) is 36.0. The number of Topliss-reactive ketones (excluding diaryl/α,β-unsaturated/α-hetero) is 2. The van der Waals surface area contributed by atoms with Crippen LogP contribution in [-0.4, -0.2) is 28.3 Å². The van der Waals surface area contributed by atoms with Crippen LogP contribution in [0.5, 0.6) is 11.5 Å². The molecule has 1 aliphatic heterocycles. The zero-order valence-electron chi connectivity index (χ0n) is 20.0. The van der Waals surface area contributed by atoms with E-state index in [1.54, 1.807) is 30.6 Å². The molecule has 2 unspecified atom stereocenters. The zero-order valence-corrected chi connectivity index (χ0v) is 20.8. The van der Waals surface area contributed by atoms with Gasteiger partial charge in [0.2, 0.25) is 0 Å². The smallest absolute Gasteiger partial charge is 0.161 e. The quantitative estimate of drug-likeness (QED) is 0.507. The monoisotopic (exact) mass is 476 g/mol. The lowest BCUT2D eigenvalue weighted by molar-refractivity contribution is -0.122. The van der Waals surface area contributed by atoms with E-state index >= 15 is 0 Å². The van der Waals surface area contributed by atoms with Crippen molar-refractivity contribution in [2.24, 2.45) is 21.7 Å². The fourth-order valence-electron chi connectivity index (χ4n) is 5.68. The summed E-state index contributed by atoms with van der Waals surface area (Å²) in [6.07, 6.45) is 5.75. The van der Waals surface area contributed by atoms with Gasteiger partial charge in [-0.2, -0.15) is 0 Å². The predicted molar refractivity (Wildman–Crippen MR) is 133 cm³/mol. The molecule has 34 heavy (non-hydrogen) atoms. The first kappa shape index (κ1) is 23.0. The van der Waals surface area contributed by atoms with Crippen LogP contribution in [0.15, 0.2) is 53.3 Å². The average Bonchev–Trinajstić information content (AvgIpc) is 2.73. The maximum Gasteiger partial charge on any atom is 0.161 e. The summed E-state index contributed by atoms with van der Waals surface area (Å²) in [5.41, 5.74) is 2.93. The molecule has 0 spiro atoms. The Morgan fingerprint density at radius 1 is 0.941 bits per heavy atom. The summed E-state index contributed by atoms with van der Waals surface area (Å²) in [6.45, 7) is 8.46. The van der Waals surface area contributed by atoms with E-state index < -0.39 is 5.92 Å². The SMILES string of the molecule is CC1(C)CC(=O)C2C(=NC3CC(C)(C)CC(=O)C3=C2c2ccc(Cl)c(Oc3ccncc3)c2)C1. The third-order valence-corrected chi connectivity index (χ3v) is 7.32. The summed E-state index contributed by atoms with van der Waals surface area (Å²) < 4.78 is 6.04. The topological polar surface area (TPSA) is 68.6 Å². The molecule has 1 aromatic heterocycles. The lowest BCUT2D eigenvalue weighted by atomic mass is 9.62. The van der Waals surface area contributed by atoms with Gasteiger partial charge in [0, 0.05) is 36.5 Å². The number of fused-ring (bicyclic) bond motifs is 2. The number of ketones is 2. The van der Waals surface area contributed by atoms with Gasteiger partial charge >= 0.3 is 0 Å². The first-order valence-electron chi connectivity index (χ1n) is 11.8. The zero-order chi connectivity index (χ0) is 24.3. The Hall–Kier alpha value is -2.79. The number of ether oxygens (including phenoxy) is 1. The van der Waals surface area contributed by atoms with Gasteiger partial charge in [-0.05, 0) is 59.1 Å². The number of carbonyl (C=O) groups excluding carboxylic acids is 2. The number of hydrogen-bond acceptors (Lipinski definition) is 5. The van der Waals surface area contributed by atoms with Gasteiger partial charge in [-0.25, -0.2) is 0 Å². The molecule has 3 aliphatic rings. The van der Waals surface area contributed by atoms with Crippen molar-refractivity contribution in [1.82, 2.24) is 4.98 Å². The second-order valence-electron chi connectivity index (χ2n) is 11.3. The van der Waals surface area contributed by atoms with Gasteiger partial charge in [-0.1, -0.05) is 45.4 Å². The van der Waals surface area contributed by atoms with Crippen molar-refractivity contribution < 1.29 is 14.3 Å². The lowest BCUT2D eigenvalue weighted by Gasteiger charge is -2.44. The van der Waals surface area contributed by atoms with Crippen LogP contribution in [-0.2, 0) is 9.59 Å². The molecule has 2 fully saturated rings. The maximum absolute atomic E-state index is 13.5. The third-order valence-electron chi connectivity index (χ3n) is 7.01. The van der Waals surface area contributed by atoms with Crippen molar-refractivity contribution in [3.8, 4) is 11.5 Å². The summed E-state index contributed by atoms with van der Waals surface area (Å²) in [7, 11) is 0. The van der Waals surface area contributed by atoms with Crippen LogP contribution < -0.4 is 4.74 Å². The van der Waals surface area contributed by atoms with Gasteiger partial charge in [-0.3, -0.25) is 19.6 Å². The van der Waals surface area contributed by atoms with Crippen LogP contribution in [0, 0.1) is 16.7 Å². The van der Waals surface area contributed by atoms with E-state index in [2.05, 4.69) is 32.7 Å². The molecule has 176 valence electrons. The largest absolute Gasteiger partial charge is 0.456 e. The minimum atomic E-state index is -0.487. The predicted octanol–water partition coefficient (Wildman–Crippen LogP) is 6.50. The molecule has 0 saturated heterocycles. The molecule has 1 aromatic carbocycles. The van der Waals surface area contributed by atoms with E-state index in [0.717, 1.165) is 29.7 Å². The standard InChI is InChI=1S/C28H29ClN2O3/c1-27(2)12-19-25(21(32)14-27)24(26-20(31-19)13-28(3,4)15-22(26)33)16-5-6-18(29)23(11-16)34-17-7-9-30-10-8-17/h5-11,19,26H,12-15H2,1-4H3. The summed E-state index contributed by atoms with van der Waals surface area (Å²) >= 11 is 6.48. The number of hydrogen-bond donors (Lipinski definition) is 0. The molecule has 5 nitrogen and oxygen atoms in total. The van der Waals surface area contributed by atoms with Crippen molar-refractivity contribution in [3.05, 3.63) is 58.9 Å². The number of rotatable bonds is 3. The van der Waals surface area contributed by atoms with Crippen molar-refractivity contribution in [1.29, 1.82) is 0 Å². The highest BCUT2D eigenvalue weighted by Crippen LogP contribution is 2.50. The molecule has 0 bridgehead atoms. The fraction of sp³-hybridized carbons (Fsp3) is 0.429. The Morgan fingerprint density at radius 3 is 2.41 bits per heavy atom. The maximum atomic E-state index is 13.5. The van der Waals surface area contributed by atoms with Crippen LogP contribution in [0.2, 0.25) is 5.02 Å². The minimum absolute atomic E-state index is 0.0863. The number of nitrogens with zero attached hydrogens (tertiary/aromatic N) is 2. The normalized spacial score (nSPS) is 25.4. The molecule has 2 aliphatic carbocycles. The number of pyridine rings is 1. The molecule has 0 N–H and O–H groups in total. The molecular formula is C28H29ClN2O3. The molecule has 6 heteroatoms. The highest BCUT2D eigenvalue weighted by atomic mass is 35.5. The number of aromatic nitrogens is 1. The number of allylic oxidation sites excluding steroid dienone is 1. The van der Waals surface area contributed by atoms with E-state index in [9.17, 15) is 9.59 Å². The fourth-order valence-corrected chi connectivity index (χ4v) is 5.83. The number of benzene rings is 1. The van der Waals surface area contributed by atoms with Crippen LogP contribution in [0.25, 0.3) is 5.57 Å². The Labute approximate surface area is 205 Å². The Morgan fingerprint density at radius 2 is 1.68 bits per heavy atom. The van der Waals surface area contributed by atoms with Crippen molar-refractivity contribution in [2.75, 3.05) is 0 Å². The summed E-state index contributed by atoms with van der Waals surface area (Å²) in [5.74, 6) is 0.815. The molecular weight excluding hydrogens is 448 g/mol. The van der Waals surface area contributed by atoms with Crippen LogP contribution in [0.3, 0.4) is 0 Å². The first-order valence-corrected chi connectivity index (χ1v) is 12.2. The van der Waals surface area contributed by atoms with Crippen molar-refractivity contribution in [2.45, 2.75) is 59.4 Å². The lowest BCUT2D eigenvalue weighted by Crippen LogP contribution is -2.45. The van der Waals surface area contributed by atoms with E-state index in [1.807, 2.05) is 12.1 Å². The van der Waals surface area contributed by atoms with E-state index in [-0.39, 0.29) is 28.4 Å². The second kappa shape index (κ2) is 8.16. The molecule has 2 atom stereocenters. The van der Waals surface area contributed by atoms with Crippen molar-refractivity contribution >= 4 is 34.5 Å². The summed E-state index contributed by atoms with van der Waals surface area (Å²) in [6, 6.07) is 8.81. The van der Waals surface area contributed by atoms with E-state index in [4.69, 9.17) is 21.3 Å². The average molecular weight is 477 g/mol. The number of carbonyl (C=O) groups is 2. The van der Waals surface area contributed by atoms with Gasteiger partial charge < -0.3 is 4.74 Å². The van der Waals surface area contributed by atoms with Gasteiger partial charge in [0.25, 0.3) is 0 Å². The van der Waals surface area contributed by atoms with E-state index in [1.165, 1.54) is 0 Å². The molecule has 2 saturated carbocycles. The van der Waals surface area contributed by atoms with Gasteiger partial charge in [0.15, 0.2) is 5.78 Å². The first-order chi connectivity index (χ1) is 16.0. The molecule has 0 radical (unpaired) electrons. The Balaban J connectivity index is 1.65. The minimum Gasteiger partial charge on any atom is -0.456 e. The van der Waals surface area contributed by atoms with Gasteiger partial charge in [0.05, 0.1) is 17.0 Å². The number of aliphatic imine (C=N–C) groups is 1. The highest BCUT2D eigenvalue weighted by Gasteiger charge is 2.48. The van der Waals surface area contributed by atoms with Crippen LogP contribution in [0.1, 0.15) is 58.9 Å². The number of dihydropyridines is 1. The Bertz CT molecular complexity index is 1240. The second-order valence-corrected chi connectivity index (χ2v) is 11.7. The van der Waals surface area contributed by atoms with Gasteiger partial charge in [0.1, 0.15) is 17.3 Å². The van der Waals surface area contributed by atoms with Crippen LogP contribution in [0.4, 0.5) is 0 Å². The Kier molecular flexibility index (Phi) is 5.51. The van der Waals surface area contributed by atoms with Crippen molar-refractivity contribution in [3.63, 3.8) is 0 Å². The molecule has 2 heterocycles.